The van der Waals surface area contributed by atoms with Crippen LogP contribution in [0.3, 0.4) is 0 Å². The SMILES string of the molecule is Cn1cncc1CNC(CC(C)(C)C)c1ccc(F)cc1. The Kier molecular flexibility index (Phi) is 4.78. The van der Waals surface area contributed by atoms with Gasteiger partial charge in [-0.05, 0) is 29.5 Å². The number of hydrogen-bond acceptors (Lipinski definition) is 2. The molecule has 0 radical (unpaired) electrons. The van der Waals surface area contributed by atoms with E-state index in [0.29, 0.717) is 0 Å². The maximum Gasteiger partial charge on any atom is 0.123 e. The first-order chi connectivity index (χ1) is 9.85. The van der Waals surface area contributed by atoms with Gasteiger partial charge < -0.3 is 9.88 Å². The standard InChI is InChI=1S/C17H24FN3/c1-17(2,3)9-16(13-5-7-14(18)8-6-13)20-11-15-10-19-12-21(15)4/h5-8,10,12,16,20H,9,11H2,1-4H3. The molecule has 1 atom stereocenters. The second-order valence-electron chi connectivity index (χ2n) is 6.75. The minimum atomic E-state index is -0.195. The maximum absolute atomic E-state index is 13.1. The molecule has 114 valence electrons. The molecule has 4 heteroatoms. The molecule has 0 bridgehead atoms. The first kappa shape index (κ1) is 15.7. The highest BCUT2D eigenvalue weighted by Crippen LogP contribution is 2.29. The van der Waals surface area contributed by atoms with Gasteiger partial charge in [0.25, 0.3) is 0 Å². The molecule has 0 spiro atoms. The highest BCUT2D eigenvalue weighted by molar-refractivity contribution is 5.20. The molecule has 1 aromatic carbocycles. The lowest BCUT2D eigenvalue weighted by molar-refractivity contribution is 0.309. The molecular weight excluding hydrogens is 265 g/mol. The number of nitrogens with one attached hydrogen (secondary N) is 1. The molecule has 21 heavy (non-hydrogen) atoms. The van der Waals surface area contributed by atoms with Crippen molar-refractivity contribution in [3.8, 4) is 0 Å². The number of aromatic nitrogens is 2. The Hall–Kier alpha value is -1.68. The zero-order valence-electron chi connectivity index (χ0n) is 13.2. The highest BCUT2D eigenvalue weighted by Gasteiger charge is 2.20. The van der Waals surface area contributed by atoms with E-state index < -0.39 is 0 Å². The van der Waals surface area contributed by atoms with Gasteiger partial charge in [0.2, 0.25) is 0 Å². The van der Waals surface area contributed by atoms with Crippen LogP contribution in [-0.2, 0) is 13.6 Å². The van der Waals surface area contributed by atoms with E-state index in [1.54, 1.807) is 6.33 Å². The van der Waals surface area contributed by atoms with E-state index in [9.17, 15) is 4.39 Å². The first-order valence-electron chi connectivity index (χ1n) is 7.29. The van der Waals surface area contributed by atoms with Crippen LogP contribution in [0.2, 0.25) is 0 Å². The lowest BCUT2D eigenvalue weighted by Crippen LogP contribution is -2.26. The van der Waals surface area contributed by atoms with Crippen molar-refractivity contribution < 1.29 is 4.39 Å². The molecule has 0 fully saturated rings. The highest BCUT2D eigenvalue weighted by atomic mass is 19.1. The molecule has 0 aliphatic carbocycles. The van der Waals surface area contributed by atoms with Crippen molar-refractivity contribution in [2.75, 3.05) is 0 Å². The average Bonchev–Trinajstić information content (AvgIpc) is 2.80. The zero-order valence-corrected chi connectivity index (χ0v) is 13.2. The maximum atomic E-state index is 13.1. The second kappa shape index (κ2) is 6.39. The number of rotatable bonds is 5. The van der Waals surface area contributed by atoms with Crippen molar-refractivity contribution in [1.29, 1.82) is 0 Å². The Morgan fingerprint density at radius 3 is 2.43 bits per heavy atom. The van der Waals surface area contributed by atoms with Gasteiger partial charge in [0, 0.05) is 25.8 Å². The molecule has 1 N–H and O–H groups in total. The fraction of sp³-hybridized carbons (Fsp3) is 0.471. The minimum Gasteiger partial charge on any atom is -0.337 e. The summed E-state index contributed by atoms with van der Waals surface area (Å²) in [6, 6.07) is 6.97. The van der Waals surface area contributed by atoms with Gasteiger partial charge in [0.1, 0.15) is 5.82 Å². The molecule has 0 aliphatic heterocycles. The summed E-state index contributed by atoms with van der Waals surface area (Å²) in [6.07, 6.45) is 4.65. The van der Waals surface area contributed by atoms with E-state index >= 15 is 0 Å². The van der Waals surface area contributed by atoms with Crippen molar-refractivity contribution in [3.05, 3.63) is 53.9 Å². The van der Waals surface area contributed by atoms with Crippen LogP contribution in [0.4, 0.5) is 4.39 Å². The summed E-state index contributed by atoms with van der Waals surface area (Å²) in [5.41, 5.74) is 2.45. The van der Waals surface area contributed by atoms with Crippen LogP contribution < -0.4 is 5.32 Å². The van der Waals surface area contributed by atoms with E-state index in [1.807, 2.05) is 29.9 Å². The van der Waals surface area contributed by atoms with Gasteiger partial charge in [-0.2, -0.15) is 0 Å². The molecular formula is C17H24FN3. The summed E-state index contributed by atoms with van der Waals surface area (Å²) in [6.45, 7) is 7.40. The van der Waals surface area contributed by atoms with E-state index in [1.165, 1.54) is 12.1 Å². The summed E-state index contributed by atoms with van der Waals surface area (Å²) in [5.74, 6) is -0.195. The van der Waals surface area contributed by atoms with Gasteiger partial charge in [0.05, 0.1) is 12.0 Å². The minimum absolute atomic E-state index is 0.193. The molecule has 0 aliphatic rings. The monoisotopic (exact) mass is 289 g/mol. The normalized spacial score (nSPS) is 13.4. The van der Waals surface area contributed by atoms with Crippen LogP contribution in [0.1, 0.15) is 44.5 Å². The molecule has 1 unspecified atom stereocenters. The zero-order chi connectivity index (χ0) is 15.5. The van der Waals surface area contributed by atoms with Gasteiger partial charge >= 0.3 is 0 Å². The summed E-state index contributed by atoms with van der Waals surface area (Å²) in [7, 11) is 1.99. The third kappa shape index (κ3) is 4.67. The largest absolute Gasteiger partial charge is 0.337 e. The molecule has 1 heterocycles. The van der Waals surface area contributed by atoms with Crippen molar-refractivity contribution in [2.45, 2.75) is 39.8 Å². The van der Waals surface area contributed by atoms with Crippen molar-refractivity contribution in [2.24, 2.45) is 12.5 Å². The van der Waals surface area contributed by atoms with Crippen molar-refractivity contribution in [3.63, 3.8) is 0 Å². The van der Waals surface area contributed by atoms with Gasteiger partial charge in [-0.15, -0.1) is 0 Å². The lowest BCUT2D eigenvalue weighted by atomic mass is 9.85. The van der Waals surface area contributed by atoms with E-state index in [4.69, 9.17) is 0 Å². The van der Waals surface area contributed by atoms with E-state index in [0.717, 1.165) is 24.2 Å². The number of aryl methyl sites for hydroxylation is 1. The molecule has 2 aromatic rings. The number of imidazole rings is 1. The number of hydrogen-bond donors (Lipinski definition) is 1. The van der Waals surface area contributed by atoms with Crippen LogP contribution in [0, 0.1) is 11.2 Å². The predicted molar refractivity (Wildman–Crippen MR) is 83.3 cm³/mol. The predicted octanol–water partition coefficient (Wildman–Crippen LogP) is 3.83. The second-order valence-corrected chi connectivity index (χ2v) is 6.75. The lowest BCUT2D eigenvalue weighted by Gasteiger charge is -2.27. The molecule has 1 aromatic heterocycles. The van der Waals surface area contributed by atoms with Crippen LogP contribution in [0.15, 0.2) is 36.8 Å². The Labute approximate surface area is 126 Å². The van der Waals surface area contributed by atoms with Gasteiger partial charge in [0.15, 0.2) is 0 Å². The number of benzene rings is 1. The smallest absolute Gasteiger partial charge is 0.123 e. The van der Waals surface area contributed by atoms with Gasteiger partial charge in [-0.25, -0.2) is 9.37 Å². The molecule has 0 amide bonds. The van der Waals surface area contributed by atoms with Crippen LogP contribution in [-0.4, -0.2) is 9.55 Å². The molecule has 2 rings (SSSR count). The fourth-order valence-electron chi connectivity index (χ4n) is 2.40. The van der Waals surface area contributed by atoms with Crippen LogP contribution in [0.5, 0.6) is 0 Å². The Morgan fingerprint density at radius 2 is 1.90 bits per heavy atom. The summed E-state index contributed by atoms with van der Waals surface area (Å²) < 4.78 is 15.1. The number of halogens is 1. The van der Waals surface area contributed by atoms with Gasteiger partial charge in [-0.1, -0.05) is 32.9 Å². The van der Waals surface area contributed by atoms with Gasteiger partial charge in [-0.3, -0.25) is 0 Å². The molecule has 0 saturated heterocycles. The molecule has 3 nitrogen and oxygen atoms in total. The number of nitrogens with zero attached hydrogens (tertiary/aromatic N) is 2. The Morgan fingerprint density at radius 1 is 1.24 bits per heavy atom. The summed E-state index contributed by atoms with van der Waals surface area (Å²) >= 11 is 0. The topological polar surface area (TPSA) is 29.9 Å². The average molecular weight is 289 g/mol. The first-order valence-corrected chi connectivity index (χ1v) is 7.29. The molecule has 0 saturated carbocycles. The third-order valence-corrected chi connectivity index (χ3v) is 3.53. The van der Waals surface area contributed by atoms with Crippen molar-refractivity contribution in [1.82, 2.24) is 14.9 Å². The Bertz CT molecular complexity index is 566. The van der Waals surface area contributed by atoms with E-state index in [-0.39, 0.29) is 17.3 Å². The van der Waals surface area contributed by atoms with Crippen LogP contribution >= 0.6 is 0 Å². The Balaban J connectivity index is 2.12. The summed E-state index contributed by atoms with van der Waals surface area (Å²) in [5, 5.41) is 3.57. The third-order valence-electron chi connectivity index (χ3n) is 3.53. The van der Waals surface area contributed by atoms with Crippen LogP contribution in [0.25, 0.3) is 0 Å². The fourth-order valence-corrected chi connectivity index (χ4v) is 2.40. The summed E-state index contributed by atoms with van der Waals surface area (Å²) in [4.78, 5) is 4.13. The van der Waals surface area contributed by atoms with Crippen molar-refractivity contribution >= 4 is 0 Å². The van der Waals surface area contributed by atoms with E-state index in [2.05, 4.69) is 31.1 Å². The quantitative estimate of drug-likeness (QED) is 0.906.